The lowest BCUT2D eigenvalue weighted by molar-refractivity contribution is -0.141. The number of nitrogens with one attached hydrogen (secondary N) is 1. The maximum Gasteiger partial charge on any atom is 0.320 e. The lowest BCUT2D eigenvalue weighted by Gasteiger charge is -2.06. The van der Waals surface area contributed by atoms with E-state index in [2.05, 4.69) is 39.1 Å². The first-order chi connectivity index (χ1) is 13.1. The molecule has 3 nitrogen and oxygen atoms in total. The van der Waals surface area contributed by atoms with Crippen LogP contribution in [0.5, 0.6) is 0 Å². The van der Waals surface area contributed by atoms with Crippen LogP contribution in [0, 0.1) is 0 Å². The number of carbonyl (C=O) groups excluding carboxylic acids is 1. The highest BCUT2D eigenvalue weighted by molar-refractivity contribution is 5.85. The van der Waals surface area contributed by atoms with Gasteiger partial charge < -0.3 is 10.1 Å². The summed E-state index contributed by atoms with van der Waals surface area (Å²) in [7, 11) is 0. The van der Waals surface area contributed by atoms with E-state index in [1.807, 2.05) is 6.08 Å². The number of hydrogen-bond acceptors (Lipinski definition) is 3. The van der Waals surface area contributed by atoms with Gasteiger partial charge in [0.25, 0.3) is 0 Å². The van der Waals surface area contributed by atoms with E-state index < -0.39 is 0 Å². The number of esters is 1. The molecule has 0 aliphatic carbocycles. The van der Waals surface area contributed by atoms with E-state index in [1.54, 1.807) is 0 Å². The standard InChI is InChI=1S/C24H45NO2.ClH/c1-5-6-7-8-9-10-11-12-13-14-19-25-21-24(26)27-20-18-23(4)17-15-16-22(2)3;/h16,18,25H,5-15,17,19-21H2,1-4H3;1H. The lowest BCUT2D eigenvalue weighted by atomic mass is 10.1. The summed E-state index contributed by atoms with van der Waals surface area (Å²) in [6.07, 6.45) is 19.7. The fraction of sp³-hybridized carbons (Fsp3) is 0.792. The molecule has 0 aromatic heterocycles. The van der Waals surface area contributed by atoms with Crippen molar-refractivity contribution in [3.8, 4) is 0 Å². The molecule has 1 N–H and O–H groups in total. The minimum atomic E-state index is -0.157. The fourth-order valence-electron chi connectivity index (χ4n) is 2.95. The third kappa shape index (κ3) is 23.2. The largest absolute Gasteiger partial charge is 0.460 e. The van der Waals surface area contributed by atoms with Crippen LogP contribution in [0.2, 0.25) is 0 Å². The molecule has 0 aliphatic rings. The van der Waals surface area contributed by atoms with Gasteiger partial charge >= 0.3 is 5.97 Å². The van der Waals surface area contributed by atoms with E-state index in [4.69, 9.17) is 4.74 Å². The van der Waals surface area contributed by atoms with Crippen LogP contribution < -0.4 is 5.32 Å². The summed E-state index contributed by atoms with van der Waals surface area (Å²) in [5.41, 5.74) is 2.63. The first kappa shape index (κ1) is 29.4. The van der Waals surface area contributed by atoms with Crippen LogP contribution >= 0.6 is 12.4 Å². The van der Waals surface area contributed by atoms with Crippen molar-refractivity contribution in [2.45, 2.75) is 105 Å². The van der Waals surface area contributed by atoms with Gasteiger partial charge in [-0.25, -0.2) is 0 Å². The molecule has 0 heterocycles. The van der Waals surface area contributed by atoms with Crippen molar-refractivity contribution in [3.05, 3.63) is 23.3 Å². The second kappa shape index (κ2) is 22.5. The molecule has 166 valence electrons. The topological polar surface area (TPSA) is 38.3 Å². The van der Waals surface area contributed by atoms with Crippen LogP contribution in [0.25, 0.3) is 0 Å². The molecule has 0 aliphatic heterocycles. The molecule has 0 rings (SSSR count). The number of hydrogen-bond donors (Lipinski definition) is 1. The lowest BCUT2D eigenvalue weighted by Crippen LogP contribution is -2.25. The first-order valence-electron chi connectivity index (χ1n) is 11.2. The molecular formula is C24H46ClNO2. The maximum atomic E-state index is 11.7. The molecule has 0 saturated heterocycles. The van der Waals surface area contributed by atoms with Crippen LogP contribution in [0.1, 0.15) is 105 Å². The molecular weight excluding hydrogens is 370 g/mol. The van der Waals surface area contributed by atoms with Crippen molar-refractivity contribution in [2.24, 2.45) is 0 Å². The number of carbonyl (C=O) groups is 1. The third-order valence-corrected chi connectivity index (χ3v) is 4.74. The van der Waals surface area contributed by atoms with Crippen molar-refractivity contribution in [3.63, 3.8) is 0 Å². The Morgan fingerprint density at radius 3 is 2.00 bits per heavy atom. The number of rotatable bonds is 18. The monoisotopic (exact) mass is 415 g/mol. The molecule has 0 atom stereocenters. The van der Waals surface area contributed by atoms with Gasteiger partial charge in [-0.1, -0.05) is 81.9 Å². The van der Waals surface area contributed by atoms with Gasteiger partial charge in [0, 0.05) is 0 Å². The van der Waals surface area contributed by atoms with Gasteiger partial charge in [0.1, 0.15) is 6.61 Å². The van der Waals surface area contributed by atoms with Crippen molar-refractivity contribution in [1.82, 2.24) is 5.32 Å². The molecule has 0 unspecified atom stereocenters. The summed E-state index contributed by atoms with van der Waals surface area (Å²) < 4.78 is 5.25. The zero-order valence-corrected chi connectivity index (χ0v) is 19.8. The Kier molecular flexibility index (Phi) is 23.6. The van der Waals surface area contributed by atoms with Gasteiger partial charge in [-0.3, -0.25) is 4.79 Å². The predicted octanol–water partition coefficient (Wildman–Crippen LogP) is 7.15. The summed E-state index contributed by atoms with van der Waals surface area (Å²) in [4.78, 5) is 11.7. The minimum Gasteiger partial charge on any atom is -0.460 e. The minimum absolute atomic E-state index is 0. The maximum absolute atomic E-state index is 11.7. The van der Waals surface area contributed by atoms with E-state index >= 15 is 0 Å². The zero-order chi connectivity index (χ0) is 20.2. The van der Waals surface area contributed by atoms with Gasteiger partial charge in [-0.15, -0.1) is 12.4 Å². The Morgan fingerprint density at radius 1 is 0.857 bits per heavy atom. The molecule has 4 heteroatoms. The second-order valence-electron chi connectivity index (χ2n) is 7.91. The number of ether oxygens (including phenoxy) is 1. The highest BCUT2D eigenvalue weighted by Crippen LogP contribution is 2.10. The normalized spacial score (nSPS) is 11.1. The molecule has 0 spiro atoms. The van der Waals surface area contributed by atoms with Gasteiger partial charge in [-0.05, 0) is 52.7 Å². The molecule has 0 aromatic rings. The first-order valence-corrected chi connectivity index (χ1v) is 11.2. The highest BCUT2D eigenvalue weighted by Gasteiger charge is 2.01. The van der Waals surface area contributed by atoms with E-state index in [-0.39, 0.29) is 18.4 Å². The van der Waals surface area contributed by atoms with Gasteiger partial charge in [0.2, 0.25) is 0 Å². The Hall–Kier alpha value is -0.800. The van der Waals surface area contributed by atoms with Crippen molar-refractivity contribution in [1.29, 1.82) is 0 Å². The quantitative estimate of drug-likeness (QED) is 0.147. The highest BCUT2D eigenvalue weighted by atomic mass is 35.5. The van der Waals surface area contributed by atoms with Crippen LogP contribution in [0.4, 0.5) is 0 Å². The Labute approximate surface area is 181 Å². The summed E-state index contributed by atoms with van der Waals surface area (Å²) in [6.45, 7) is 10.2. The van der Waals surface area contributed by atoms with E-state index in [1.165, 1.54) is 68.9 Å². The molecule has 0 amide bonds. The van der Waals surface area contributed by atoms with E-state index in [0.29, 0.717) is 13.2 Å². The van der Waals surface area contributed by atoms with Gasteiger partial charge in [0.05, 0.1) is 6.54 Å². The Balaban J connectivity index is 0. The number of unbranched alkanes of at least 4 members (excludes halogenated alkanes) is 9. The SMILES string of the molecule is CCCCCCCCCCCCNCC(=O)OCC=C(C)CCC=C(C)C.Cl. The van der Waals surface area contributed by atoms with E-state index in [0.717, 1.165) is 25.8 Å². The molecule has 0 saturated carbocycles. The third-order valence-electron chi connectivity index (χ3n) is 4.74. The number of halogens is 1. The fourth-order valence-corrected chi connectivity index (χ4v) is 2.95. The predicted molar refractivity (Wildman–Crippen MR) is 125 cm³/mol. The van der Waals surface area contributed by atoms with Crippen molar-refractivity contribution >= 4 is 18.4 Å². The summed E-state index contributed by atoms with van der Waals surface area (Å²) in [5, 5.41) is 3.19. The number of allylic oxidation sites excluding steroid dienone is 3. The molecule has 0 fully saturated rings. The average Bonchev–Trinajstić information content (AvgIpc) is 2.62. The zero-order valence-electron chi connectivity index (χ0n) is 19.0. The summed E-state index contributed by atoms with van der Waals surface area (Å²) in [6, 6.07) is 0. The van der Waals surface area contributed by atoms with Gasteiger partial charge in [0.15, 0.2) is 0 Å². The van der Waals surface area contributed by atoms with Crippen LogP contribution in [-0.2, 0) is 9.53 Å². The smallest absolute Gasteiger partial charge is 0.320 e. The van der Waals surface area contributed by atoms with Crippen molar-refractivity contribution in [2.75, 3.05) is 19.7 Å². The summed E-state index contributed by atoms with van der Waals surface area (Å²) >= 11 is 0. The summed E-state index contributed by atoms with van der Waals surface area (Å²) in [5.74, 6) is -0.157. The van der Waals surface area contributed by atoms with Crippen LogP contribution in [0.3, 0.4) is 0 Å². The Bertz CT molecular complexity index is 415. The van der Waals surface area contributed by atoms with E-state index in [9.17, 15) is 4.79 Å². The Morgan fingerprint density at radius 2 is 1.43 bits per heavy atom. The molecule has 0 radical (unpaired) electrons. The molecule has 0 aromatic carbocycles. The second-order valence-corrected chi connectivity index (χ2v) is 7.91. The molecule has 28 heavy (non-hydrogen) atoms. The van der Waals surface area contributed by atoms with Crippen molar-refractivity contribution < 1.29 is 9.53 Å². The molecule has 0 bridgehead atoms. The average molecular weight is 416 g/mol. The van der Waals surface area contributed by atoms with Gasteiger partial charge in [-0.2, -0.15) is 0 Å². The van der Waals surface area contributed by atoms with Crippen LogP contribution in [-0.4, -0.2) is 25.7 Å². The van der Waals surface area contributed by atoms with Crippen LogP contribution in [0.15, 0.2) is 23.3 Å².